The molecule has 1 saturated heterocycles. The van der Waals surface area contributed by atoms with E-state index in [2.05, 4.69) is 27.9 Å². The van der Waals surface area contributed by atoms with Crippen molar-refractivity contribution in [3.05, 3.63) is 35.9 Å². The van der Waals surface area contributed by atoms with Gasteiger partial charge in [0.05, 0.1) is 6.54 Å². The monoisotopic (exact) mass is 360 g/mol. The highest BCUT2D eigenvalue weighted by atomic mass is 127. The molecule has 0 saturated carbocycles. The quantitative estimate of drug-likeness (QED) is 0.506. The lowest BCUT2D eigenvalue weighted by atomic mass is 9.92. The molecule has 1 aliphatic heterocycles. The highest BCUT2D eigenvalue weighted by Gasteiger charge is 2.44. The van der Waals surface area contributed by atoms with Gasteiger partial charge in [0.2, 0.25) is 0 Å². The van der Waals surface area contributed by atoms with Crippen LogP contribution in [0, 0.1) is 0 Å². The molecule has 1 heterocycles. The first-order chi connectivity index (χ1) is 8.44. The third-order valence-corrected chi connectivity index (χ3v) is 3.74. The molecule has 1 fully saturated rings. The van der Waals surface area contributed by atoms with Crippen molar-refractivity contribution in [2.45, 2.75) is 29.3 Å². The number of ether oxygens (including phenoxy) is 1. The van der Waals surface area contributed by atoms with E-state index in [0.29, 0.717) is 0 Å². The summed E-state index contributed by atoms with van der Waals surface area (Å²) in [5.41, 5.74) is 0.661. The number of benzene rings is 1. The predicted molar refractivity (Wildman–Crippen MR) is 78.6 cm³/mol. The topological polar surface area (TPSA) is 42.9 Å². The van der Waals surface area contributed by atoms with Gasteiger partial charge in [0.15, 0.2) is 5.60 Å². The van der Waals surface area contributed by atoms with E-state index in [1.807, 2.05) is 44.2 Å². The third kappa shape index (κ3) is 2.85. The SMILES string of the molecule is CC(C)(I)C(=O)OC1(c2ccccc2)CC[NH2+]C1. The molecular weight excluding hydrogens is 341 g/mol. The number of quaternary nitrogens is 1. The first kappa shape index (κ1) is 13.8. The summed E-state index contributed by atoms with van der Waals surface area (Å²) in [5, 5.41) is 2.21. The number of hydrogen-bond acceptors (Lipinski definition) is 2. The molecule has 1 aromatic rings. The molecule has 0 amide bonds. The van der Waals surface area contributed by atoms with Crippen LogP contribution < -0.4 is 5.32 Å². The van der Waals surface area contributed by atoms with Crippen molar-refractivity contribution >= 4 is 28.6 Å². The zero-order valence-corrected chi connectivity index (χ0v) is 12.9. The van der Waals surface area contributed by atoms with Crippen LogP contribution in [0.1, 0.15) is 25.8 Å². The molecule has 0 aliphatic carbocycles. The van der Waals surface area contributed by atoms with Crippen molar-refractivity contribution in [3.8, 4) is 0 Å². The van der Waals surface area contributed by atoms with Gasteiger partial charge in [0.25, 0.3) is 0 Å². The minimum Gasteiger partial charge on any atom is -0.447 e. The summed E-state index contributed by atoms with van der Waals surface area (Å²) in [6.07, 6.45) is 0.884. The zero-order valence-electron chi connectivity index (χ0n) is 10.8. The molecule has 18 heavy (non-hydrogen) atoms. The summed E-state index contributed by atoms with van der Waals surface area (Å²) >= 11 is 2.13. The Morgan fingerprint density at radius 1 is 1.39 bits per heavy atom. The van der Waals surface area contributed by atoms with Gasteiger partial charge in [-0.05, 0) is 13.8 Å². The van der Waals surface area contributed by atoms with Gasteiger partial charge >= 0.3 is 5.97 Å². The molecule has 1 aliphatic rings. The van der Waals surface area contributed by atoms with E-state index < -0.39 is 9.02 Å². The number of carbonyl (C=O) groups is 1. The molecule has 1 unspecified atom stereocenters. The number of carbonyl (C=O) groups excluding carboxylic acids is 1. The Kier molecular flexibility index (Phi) is 3.96. The summed E-state index contributed by atoms with van der Waals surface area (Å²) in [4.78, 5) is 12.2. The molecular formula is C14H19INO2+. The number of hydrogen-bond donors (Lipinski definition) is 1. The second-order valence-corrected chi connectivity index (χ2v) is 7.95. The number of esters is 1. The highest BCUT2D eigenvalue weighted by molar-refractivity contribution is 14.1. The third-order valence-electron chi connectivity index (χ3n) is 3.30. The Morgan fingerprint density at radius 2 is 2.06 bits per heavy atom. The lowest BCUT2D eigenvalue weighted by molar-refractivity contribution is -0.642. The fourth-order valence-corrected chi connectivity index (χ4v) is 2.34. The van der Waals surface area contributed by atoms with Crippen molar-refractivity contribution < 1.29 is 14.8 Å². The lowest BCUT2D eigenvalue weighted by Crippen LogP contribution is -2.82. The van der Waals surface area contributed by atoms with E-state index in [9.17, 15) is 4.79 Å². The number of halogens is 1. The molecule has 98 valence electrons. The predicted octanol–water partition coefficient (Wildman–Crippen LogP) is 1.61. The van der Waals surface area contributed by atoms with Crippen molar-refractivity contribution in [3.63, 3.8) is 0 Å². The molecule has 0 spiro atoms. The van der Waals surface area contributed by atoms with Gasteiger partial charge in [0, 0.05) is 12.0 Å². The summed E-state index contributed by atoms with van der Waals surface area (Å²) < 4.78 is 5.39. The summed E-state index contributed by atoms with van der Waals surface area (Å²) in [7, 11) is 0. The van der Waals surface area contributed by atoms with Gasteiger partial charge in [-0.15, -0.1) is 0 Å². The molecule has 2 N–H and O–H groups in total. The van der Waals surface area contributed by atoms with Crippen LogP contribution in [0.4, 0.5) is 0 Å². The van der Waals surface area contributed by atoms with Gasteiger partial charge in [-0.1, -0.05) is 52.9 Å². The number of alkyl halides is 1. The average Bonchev–Trinajstić information content (AvgIpc) is 2.79. The molecule has 2 rings (SSSR count). The van der Waals surface area contributed by atoms with Crippen molar-refractivity contribution in [2.75, 3.05) is 13.1 Å². The summed E-state index contributed by atoms with van der Waals surface area (Å²) in [5.74, 6) is -0.137. The van der Waals surface area contributed by atoms with Crippen molar-refractivity contribution in [1.29, 1.82) is 0 Å². The largest absolute Gasteiger partial charge is 0.447 e. The molecule has 0 radical (unpaired) electrons. The maximum absolute atomic E-state index is 12.2. The zero-order chi connectivity index (χ0) is 13.2. The van der Waals surface area contributed by atoms with Crippen LogP contribution in [0.15, 0.2) is 30.3 Å². The van der Waals surface area contributed by atoms with E-state index in [0.717, 1.165) is 25.1 Å². The first-order valence-electron chi connectivity index (χ1n) is 6.24. The Morgan fingerprint density at radius 3 is 2.56 bits per heavy atom. The van der Waals surface area contributed by atoms with Crippen LogP contribution >= 0.6 is 22.6 Å². The van der Waals surface area contributed by atoms with Crippen molar-refractivity contribution in [1.82, 2.24) is 0 Å². The maximum atomic E-state index is 12.2. The van der Waals surface area contributed by atoms with E-state index >= 15 is 0 Å². The molecule has 1 atom stereocenters. The van der Waals surface area contributed by atoms with Gasteiger partial charge < -0.3 is 10.1 Å². The van der Waals surface area contributed by atoms with Crippen LogP contribution in [-0.2, 0) is 15.1 Å². The molecule has 0 bridgehead atoms. The fraction of sp³-hybridized carbons (Fsp3) is 0.500. The van der Waals surface area contributed by atoms with Crippen LogP contribution in [-0.4, -0.2) is 22.5 Å². The van der Waals surface area contributed by atoms with Gasteiger partial charge in [-0.3, -0.25) is 4.79 Å². The molecule has 4 heteroatoms. The van der Waals surface area contributed by atoms with Gasteiger partial charge in [-0.2, -0.15) is 0 Å². The summed E-state index contributed by atoms with van der Waals surface area (Å²) in [6, 6.07) is 10.1. The minimum absolute atomic E-state index is 0.137. The molecule has 3 nitrogen and oxygen atoms in total. The van der Waals surface area contributed by atoms with E-state index in [1.165, 1.54) is 0 Å². The first-order valence-corrected chi connectivity index (χ1v) is 7.31. The second-order valence-electron chi connectivity index (χ2n) is 5.25. The van der Waals surface area contributed by atoms with E-state index in [-0.39, 0.29) is 5.97 Å². The van der Waals surface area contributed by atoms with Crippen LogP contribution in [0.5, 0.6) is 0 Å². The van der Waals surface area contributed by atoms with Gasteiger partial charge in [0.1, 0.15) is 9.97 Å². The lowest BCUT2D eigenvalue weighted by Gasteiger charge is -2.29. The highest BCUT2D eigenvalue weighted by Crippen LogP contribution is 2.32. The van der Waals surface area contributed by atoms with E-state index in [1.54, 1.807) is 0 Å². The maximum Gasteiger partial charge on any atom is 0.322 e. The normalized spacial score (nSPS) is 23.9. The van der Waals surface area contributed by atoms with Gasteiger partial charge in [-0.25, -0.2) is 0 Å². The standard InChI is InChI=1S/C14H18INO2/c1-13(2,15)12(17)18-14(8-9-16-10-14)11-6-4-3-5-7-11/h3-7,16H,8-10H2,1-2H3/p+1. The Bertz CT molecular complexity index is 419. The van der Waals surface area contributed by atoms with Crippen LogP contribution in [0.3, 0.4) is 0 Å². The summed E-state index contributed by atoms with van der Waals surface area (Å²) in [6.45, 7) is 5.58. The van der Waals surface area contributed by atoms with Crippen LogP contribution in [0.2, 0.25) is 0 Å². The Hall–Kier alpha value is -0.620. The molecule has 1 aromatic carbocycles. The second kappa shape index (κ2) is 5.17. The number of nitrogens with two attached hydrogens (primary N) is 1. The van der Waals surface area contributed by atoms with Crippen LogP contribution in [0.25, 0.3) is 0 Å². The number of rotatable bonds is 3. The van der Waals surface area contributed by atoms with Crippen molar-refractivity contribution in [2.24, 2.45) is 0 Å². The molecule has 0 aromatic heterocycles. The Labute approximate surface area is 121 Å². The Balaban J connectivity index is 2.26. The van der Waals surface area contributed by atoms with E-state index in [4.69, 9.17) is 4.74 Å². The smallest absolute Gasteiger partial charge is 0.322 e. The fourth-order valence-electron chi connectivity index (χ4n) is 2.23. The average molecular weight is 360 g/mol. The minimum atomic E-state index is -0.484.